The zero-order valence-electron chi connectivity index (χ0n) is 26.3. The van der Waals surface area contributed by atoms with E-state index in [4.69, 9.17) is 23.1 Å². The summed E-state index contributed by atoms with van der Waals surface area (Å²) in [6.07, 6.45) is -0.405. The normalized spacial score (nSPS) is 11.8. The van der Waals surface area contributed by atoms with E-state index in [1.807, 2.05) is 76.2 Å². The van der Waals surface area contributed by atoms with Crippen molar-refractivity contribution in [2.75, 3.05) is 51.6 Å². The number of carbonyl (C=O) groups is 1. The van der Waals surface area contributed by atoms with Gasteiger partial charge in [-0.25, -0.2) is 9.78 Å². The number of ether oxygens (including phenoxy) is 4. The molecule has 0 N–H and O–H groups in total. The first-order chi connectivity index (χ1) is 21.4. The Morgan fingerprint density at radius 1 is 0.778 bits per heavy atom. The maximum atomic E-state index is 12.4. The number of pyridine rings is 1. The minimum absolute atomic E-state index is 0.0752. The zero-order valence-corrected chi connectivity index (χ0v) is 27.1. The van der Waals surface area contributed by atoms with E-state index >= 15 is 0 Å². The number of hydrogen-bond donors (Lipinski definition) is 0. The van der Waals surface area contributed by atoms with E-state index in [0.717, 1.165) is 33.3 Å². The molecule has 0 bridgehead atoms. The van der Waals surface area contributed by atoms with Gasteiger partial charge in [0.2, 0.25) is 5.88 Å². The number of anilines is 1. The summed E-state index contributed by atoms with van der Waals surface area (Å²) in [4.78, 5) is 18.6. The van der Waals surface area contributed by atoms with E-state index in [-0.39, 0.29) is 18.1 Å². The van der Waals surface area contributed by atoms with Crippen molar-refractivity contribution < 1.29 is 36.3 Å². The summed E-state index contributed by atoms with van der Waals surface area (Å²) in [5.41, 5.74) is 4.00. The molecule has 11 heteroatoms. The van der Waals surface area contributed by atoms with Crippen LogP contribution >= 0.6 is 0 Å². The van der Waals surface area contributed by atoms with Gasteiger partial charge in [-0.05, 0) is 81.3 Å². The Kier molecular flexibility index (Phi) is 11.5. The Balaban J connectivity index is 1.15. The van der Waals surface area contributed by atoms with E-state index < -0.39 is 21.8 Å². The van der Waals surface area contributed by atoms with Crippen LogP contribution in [0.2, 0.25) is 0 Å². The van der Waals surface area contributed by atoms with E-state index in [0.29, 0.717) is 32.3 Å². The average Bonchev–Trinajstić information content (AvgIpc) is 3.00. The van der Waals surface area contributed by atoms with Crippen molar-refractivity contribution in [1.29, 1.82) is 0 Å². The number of fused-ring (bicyclic) bond motifs is 1. The predicted molar refractivity (Wildman–Crippen MR) is 173 cm³/mol. The smallest absolute Gasteiger partial charge is 0.414 e. The third-order valence-electron chi connectivity index (χ3n) is 6.54. The number of aromatic nitrogens is 1. The molecule has 0 unspecified atom stereocenters. The molecule has 3 aromatic carbocycles. The number of rotatable bonds is 14. The molecule has 4 rings (SSSR count). The molecule has 0 radical (unpaired) electrons. The molecule has 1 heterocycles. The lowest BCUT2D eigenvalue weighted by Gasteiger charge is -2.24. The lowest BCUT2D eigenvalue weighted by Crippen LogP contribution is -2.34. The molecule has 0 aliphatic heterocycles. The van der Waals surface area contributed by atoms with Gasteiger partial charge in [-0.1, -0.05) is 35.9 Å². The largest absolute Gasteiger partial charge is 0.475 e. The number of nitrogens with zero attached hydrogens (tertiary/aromatic N) is 2. The number of aryl methyl sites for hydroxylation is 1. The van der Waals surface area contributed by atoms with Crippen molar-refractivity contribution in [1.82, 2.24) is 4.98 Å². The summed E-state index contributed by atoms with van der Waals surface area (Å²) < 4.78 is 51.4. The Morgan fingerprint density at radius 2 is 1.40 bits per heavy atom. The van der Waals surface area contributed by atoms with Gasteiger partial charge in [0.25, 0.3) is 10.1 Å². The average molecular weight is 637 g/mol. The van der Waals surface area contributed by atoms with Gasteiger partial charge < -0.3 is 18.9 Å². The second-order valence-electron chi connectivity index (χ2n) is 11.3. The Morgan fingerprint density at radius 3 is 2.07 bits per heavy atom. The predicted octanol–water partition coefficient (Wildman–Crippen LogP) is 6.40. The van der Waals surface area contributed by atoms with Gasteiger partial charge in [-0.15, -0.1) is 0 Å². The quantitative estimate of drug-likeness (QED) is 0.115. The Bertz CT molecular complexity index is 1670. The van der Waals surface area contributed by atoms with Gasteiger partial charge >= 0.3 is 6.09 Å². The molecular formula is C34H40N2O8S. The van der Waals surface area contributed by atoms with Crippen molar-refractivity contribution >= 4 is 32.8 Å². The molecule has 45 heavy (non-hydrogen) atoms. The van der Waals surface area contributed by atoms with Gasteiger partial charge in [-0.3, -0.25) is 9.08 Å². The first-order valence-corrected chi connectivity index (χ1v) is 16.0. The Labute approximate surface area is 265 Å². The molecule has 0 atom stereocenters. The van der Waals surface area contributed by atoms with Crippen molar-refractivity contribution in [2.45, 2.75) is 38.2 Å². The third kappa shape index (κ3) is 10.3. The molecule has 1 amide bonds. The van der Waals surface area contributed by atoms with Crippen LogP contribution in [0.5, 0.6) is 5.88 Å². The summed E-state index contributed by atoms with van der Waals surface area (Å²) in [5.74, 6) is 0.497. The fraction of sp³-hybridized carbons (Fsp3) is 0.353. The topological polar surface area (TPSA) is 113 Å². The van der Waals surface area contributed by atoms with E-state index in [1.165, 1.54) is 17.0 Å². The van der Waals surface area contributed by atoms with Crippen LogP contribution in [0.3, 0.4) is 0 Å². The monoisotopic (exact) mass is 636 g/mol. The highest BCUT2D eigenvalue weighted by Gasteiger charge is 2.20. The lowest BCUT2D eigenvalue weighted by molar-refractivity contribution is 0.0275. The van der Waals surface area contributed by atoms with E-state index in [9.17, 15) is 13.2 Å². The molecule has 0 spiro atoms. The van der Waals surface area contributed by atoms with Crippen molar-refractivity contribution in [3.63, 3.8) is 0 Å². The number of hydrogen-bond acceptors (Lipinski definition) is 9. The number of amides is 1. The SMILES string of the molecule is Cc1ccc(S(=O)(=O)OCCOCCOCCOc2ccc3cc(-c4ccc(N(C)C(=O)OC(C)(C)C)cc4)ccc3n2)cc1. The molecule has 0 saturated heterocycles. The van der Waals surface area contributed by atoms with Gasteiger partial charge in [-0.2, -0.15) is 8.42 Å². The summed E-state index contributed by atoms with van der Waals surface area (Å²) >= 11 is 0. The highest BCUT2D eigenvalue weighted by atomic mass is 32.2. The summed E-state index contributed by atoms with van der Waals surface area (Å²) in [5, 5.41) is 0.971. The second-order valence-corrected chi connectivity index (χ2v) is 12.9. The minimum Gasteiger partial charge on any atom is -0.475 e. The van der Waals surface area contributed by atoms with Gasteiger partial charge in [0.15, 0.2) is 0 Å². The molecule has 0 fully saturated rings. The summed E-state index contributed by atoms with van der Waals surface area (Å²) in [7, 11) is -2.11. The third-order valence-corrected chi connectivity index (χ3v) is 7.87. The highest BCUT2D eigenvalue weighted by Crippen LogP contribution is 2.27. The number of carbonyl (C=O) groups excluding carboxylic acids is 1. The van der Waals surface area contributed by atoms with Crippen molar-refractivity contribution in [2.24, 2.45) is 0 Å². The molecule has 10 nitrogen and oxygen atoms in total. The first kappa shape index (κ1) is 33.9. The standard InChI is InChI=1S/C34H40N2O8S/c1-25-6-14-30(15-7-25)45(38,39)43-23-21-41-19-18-40-20-22-42-32-17-11-28-24-27(10-16-31(28)35-32)26-8-12-29(13-9-26)36(5)33(37)44-34(2,3)4/h6-17,24H,18-23H2,1-5H3. The molecule has 240 valence electrons. The Hall–Kier alpha value is -4.03. The molecular weight excluding hydrogens is 596 g/mol. The molecule has 0 aliphatic rings. The summed E-state index contributed by atoms with van der Waals surface area (Å²) in [6, 6.07) is 24.0. The van der Waals surface area contributed by atoms with Crippen LogP contribution in [0.15, 0.2) is 83.8 Å². The fourth-order valence-corrected chi connectivity index (χ4v) is 5.08. The molecule has 1 aromatic heterocycles. The highest BCUT2D eigenvalue weighted by molar-refractivity contribution is 7.86. The van der Waals surface area contributed by atoms with Crippen molar-refractivity contribution in [3.05, 3.63) is 84.4 Å². The zero-order chi connectivity index (χ0) is 32.5. The fourth-order valence-electron chi connectivity index (χ4n) is 4.18. The molecule has 4 aromatic rings. The number of benzene rings is 3. The first-order valence-electron chi connectivity index (χ1n) is 14.6. The maximum absolute atomic E-state index is 12.4. The van der Waals surface area contributed by atoms with Crippen LogP contribution in [-0.2, 0) is 28.5 Å². The van der Waals surface area contributed by atoms with E-state index in [1.54, 1.807) is 19.2 Å². The van der Waals surface area contributed by atoms with E-state index in [2.05, 4.69) is 11.1 Å². The van der Waals surface area contributed by atoms with Crippen LogP contribution in [-0.4, -0.2) is 71.8 Å². The summed E-state index contributed by atoms with van der Waals surface area (Å²) in [6.45, 7) is 8.75. The van der Waals surface area contributed by atoms with Crippen LogP contribution in [0, 0.1) is 6.92 Å². The molecule has 0 saturated carbocycles. The van der Waals surface area contributed by atoms with Crippen LogP contribution in [0.1, 0.15) is 26.3 Å². The van der Waals surface area contributed by atoms with Gasteiger partial charge in [0, 0.05) is 24.2 Å². The van der Waals surface area contributed by atoms with Crippen LogP contribution < -0.4 is 9.64 Å². The van der Waals surface area contributed by atoms with Gasteiger partial charge in [0.1, 0.15) is 12.2 Å². The minimum atomic E-state index is -3.80. The van der Waals surface area contributed by atoms with Crippen LogP contribution in [0.4, 0.5) is 10.5 Å². The van der Waals surface area contributed by atoms with Crippen molar-refractivity contribution in [3.8, 4) is 17.0 Å². The maximum Gasteiger partial charge on any atom is 0.414 e. The lowest BCUT2D eigenvalue weighted by atomic mass is 10.0. The molecule has 0 aliphatic carbocycles. The van der Waals surface area contributed by atoms with Gasteiger partial charge in [0.05, 0.1) is 43.4 Å². The van der Waals surface area contributed by atoms with Crippen LogP contribution in [0.25, 0.3) is 22.0 Å². The second kappa shape index (κ2) is 15.3.